The predicted molar refractivity (Wildman–Crippen MR) is 75.0 cm³/mol. The molecule has 0 amide bonds. The molecule has 1 heterocycles. The molecule has 0 radical (unpaired) electrons. The fourth-order valence-electron chi connectivity index (χ4n) is 2.88. The van der Waals surface area contributed by atoms with Gasteiger partial charge in [-0.2, -0.15) is 0 Å². The molecule has 2 nitrogen and oxygen atoms in total. The van der Waals surface area contributed by atoms with Gasteiger partial charge in [0.2, 0.25) is 0 Å². The largest absolute Gasteiger partial charge is 0.472 e. The average Bonchev–Trinajstić information content (AvgIpc) is 2.32. The lowest BCUT2D eigenvalue weighted by Gasteiger charge is -2.37. The van der Waals surface area contributed by atoms with Gasteiger partial charge in [0.25, 0.3) is 5.88 Å². The summed E-state index contributed by atoms with van der Waals surface area (Å²) in [6, 6.07) is 1.25. The number of aromatic nitrogens is 1. The molecule has 0 bridgehead atoms. The minimum Gasteiger partial charge on any atom is -0.472 e. The molecule has 0 spiro atoms. The Morgan fingerprint density at radius 1 is 1.42 bits per heavy atom. The van der Waals surface area contributed by atoms with Gasteiger partial charge in [-0.25, -0.2) is 9.37 Å². The Labute approximate surface area is 119 Å². The SMILES string of the molecule is CC1CCC(C(C)C)C(Oc2ncc(Cl)cc2F)C1. The number of halogens is 2. The van der Waals surface area contributed by atoms with Gasteiger partial charge in [-0.1, -0.05) is 38.8 Å². The number of hydrogen-bond acceptors (Lipinski definition) is 2. The second-order valence-corrected chi connectivity index (χ2v) is 6.36. The number of ether oxygens (including phenoxy) is 1. The van der Waals surface area contributed by atoms with Crippen LogP contribution in [0.25, 0.3) is 0 Å². The monoisotopic (exact) mass is 285 g/mol. The minimum absolute atomic E-state index is 0.0481. The number of nitrogens with zero attached hydrogens (tertiary/aromatic N) is 1. The van der Waals surface area contributed by atoms with Crippen molar-refractivity contribution in [3.8, 4) is 5.88 Å². The molecule has 0 saturated heterocycles. The number of hydrogen-bond donors (Lipinski definition) is 0. The fraction of sp³-hybridized carbons (Fsp3) is 0.667. The van der Waals surface area contributed by atoms with E-state index >= 15 is 0 Å². The molecular formula is C15H21ClFNO. The Balaban J connectivity index is 2.14. The van der Waals surface area contributed by atoms with Gasteiger partial charge in [-0.3, -0.25) is 0 Å². The molecule has 4 heteroatoms. The Hall–Kier alpha value is -0.830. The van der Waals surface area contributed by atoms with Gasteiger partial charge < -0.3 is 4.74 Å². The summed E-state index contributed by atoms with van der Waals surface area (Å²) in [7, 11) is 0. The van der Waals surface area contributed by atoms with Crippen molar-refractivity contribution in [1.29, 1.82) is 0 Å². The van der Waals surface area contributed by atoms with Crippen molar-refractivity contribution in [3.63, 3.8) is 0 Å². The van der Waals surface area contributed by atoms with E-state index in [9.17, 15) is 4.39 Å². The minimum atomic E-state index is -0.478. The Morgan fingerprint density at radius 3 is 2.79 bits per heavy atom. The van der Waals surface area contributed by atoms with E-state index in [1.807, 2.05) is 0 Å². The second-order valence-electron chi connectivity index (χ2n) is 5.92. The number of pyridine rings is 1. The molecule has 1 aromatic heterocycles. The Morgan fingerprint density at radius 2 is 2.16 bits per heavy atom. The van der Waals surface area contributed by atoms with Crippen molar-refractivity contribution in [3.05, 3.63) is 23.1 Å². The smallest absolute Gasteiger partial charge is 0.250 e. The topological polar surface area (TPSA) is 22.1 Å². The zero-order chi connectivity index (χ0) is 14.0. The van der Waals surface area contributed by atoms with Gasteiger partial charge >= 0.3 is 0 Å². The zero-order valence-electron chi connectivity index (χ0n) is 11.7. The quantitative estimate of drug-likeness (QED) is 0.802. The van der Waals surface area contributed by atoms with E-state index in [0.717, 1.165) is 12.8 Å². The van der Waals surface area contributed by atoms with Crippen LogP contribution in [-0.4, -0.2) is 11.1 Å². The first kappa shape index (κ1) is 14.6. The van der Waals surface area contributed by atoms with Crippen LogP contribution in [-0.2, 0) is 0 Å². The van der Waals surface area contributed by atoms with Crippen LogP contribution in [0.3, 0.4) is 0 Å². The molecule has 19 heavy (non-hydrogen) atoms. The van der Waals surface area contributed by atoms with E-state index in [4.69, 9.17) is 16.3 Å². The van der Waals surface area contributed by atoms with Crippen LogP contribution >= 0.6 is 11.6 Å². The highest BCUT2D eigenvalue weighted by Crippen LogP contribution is 2.36. The van der Waals surface area contributed by atoms with Crippen molar-refractivity contribution in [1.82, 2.24) is 4.98 Å². The molecule has 106 valence electrons. The Kier molecular flexibility index (Phi) is 4.67. The van der Waals surface area contributed by atoms with E-state index in [2.05, 4.69) is 25.8 Å². The van der Waals surface area contributed by atoms with Gasteiger partial charge in [0.15, 0.2) is 5.82 Å². The first-order chi connectivity index (χ1) is 8.97. The summed E-state index contributed by atoms with van der Waals surface area (Å²) in [4.78, 5) is 3.96. The maximum absolute atomic E-state index is 13.8. The molecular weight excluding hydrogens is 265 g/mol. The van der Waals surface area contributed by atoms with Gasteiger partial charge in [0, 0.05) is 6.20 Å². The highest BCUT2D eigenvalue weighted by Gasteiger charge is 2.33. The third-order valence-corrected chi connectivity index (χ3v) is 4.21. The van der Waals surface area contributed by atoms with Crippen LogP contribution < -0.4 is 4.74 Å². The lowest BCUT2D eigenvalue weighted by molar-refractivity contribution is 0.0395. The van der Waals surface area contributed by atoms with Gasteiger partial charge in [-0.15, -0.1) is 0 Å². The summed E-state index contributed by atoms with van der Waals surface area (Å²) in [6.45, 7) is 6.61. The van der Waals surface area contributed by atoms with Gasteiger partial charge in [0.1, 0.15) is 6.10 Å². The normalized spacial score (nSPS) is 27.6. The molecule has 2 rings (SSSR count). The van der Waals surface area contributed by atoms with Crippen molar-refractivity contribution in [2.24, 2.45) is 17.8 Å². The van der Waals surface area contributed by atoms with Crippen LogP contribution in [0, 0.1) is 23.6 Å². The molecule has 3 unspecified atom stereocenters. The van der Waals surface area contributed by atoms with E-state index in [1.165, 1.54) is 18.7 Å². The van der Waals surface area contributed by atoms with Crippen LogP contribution in [0.5, 0.6) is 5.88 Å². The summed E-state index contributed by atoms with van der Waals surface area (Å²) in [5.41, 5.74) is 0. The summed E-state index contributed by atoms with van der Waals surface area (Å²) in [5, 5.41) is 0.294. The average molecular weight is 286 g/mol. The molecule has 0 aliphatic heterocycles. The summed E-state index contributed by atoms with van der Waals surface area (Å²) in [6.07, 6.45) is 4.80. The second kappa shape index (κ2) is 6.08. The summed E-state index contributed by atoms with van der Waals surface area (Å²) < 4.78 is 19.6. The molecule has 1 fully saturated rings. The zero-order valence-corrected chi connectivity index (χ0v) is 12.5. The maximum Gasteiger partial charge on any atom is 0.250 e. The lowest BCUT2D eigenvalue weighted by Crippen LogP contribution is -2.36. The van der Waals surface area contributed by atoms with Gasteiger partial charge in [0.05, 0.1) is 5.02 Å². The lowest BCUT2D eigenvalue weighted by atomic mass is 9.75. The standard InChI is InChI=1S/C15H21ClFNO/c1-9(2)12-5-4-10(3)6-14(12)19-15-13(17)7-11(16)8-18-15/h7-10,12,14H,4-6H2,1-3H3. The van der Waals surface area contributed by atoms with Crippen molar-refractivity contribution in [2.75, 3.05) is 0 Å². The first-order valence-corrected chi connectivity index (χ1v) is 7.33. The molecule has 1 aromatic rings. The predicted octanol–water partition coefficient (Wildman–Crippen LogP) is 4.71. The molecule has 0 aromatic carbocycles. The molecule has 3 atom stereocenters. The van der Waals surface area contributed by atoms with E-state index in [0.29, 0.717) is 22.8 Å². The highest BCUT2D eigenvalue weighted by molar-refractivity contribution is 6.30. The molecule has 1 aliphatic rings. The van der Waals surface area contributed by atoms with E-state index < -0.39 is 5.82 Å². The Bertz CT molecular complexity index is 438. The number of rotatable bonds is 3. The third-order valence-electron chi connectivity index (χ3n) is 4.00. The molecule has 1 aliphatic carbocycles. The van der Waals surface area contributed by atoms with Crippen LogP contribution in [0.2, 0.25) is 5.02 Å². The van der Waals surface area contributed by atoms with Crippen LogP contribution in [0.15, 0.2) is 12.3 Å². The molecule has 1 saturated carbocycles. The summed E-state index contributed by atoms with van der Waals surface area (Å²) in [5.74, 6) is 1.22. The van der Waals surface area contributed by atoms with Crippen molar-refractivity contribution >= 4 is 11.6 Å². The van der Waals surface area contributed by atoms with Crippen molar-refractivity contribution in [2.45, 2.75) is 46.1 Å². The third kappa shape index (κ3) is 3.59. The first-order valence-electron chi connectivity index (χ1n) is 6.95. The highest BCUT2D eigenvalue weighted by atomic mass is 35.5. The van der Waals surface area contributed by atoms with Crippen molar-refractivity contribution < 1.29 is 9.13 Å². The van der Waals surface area contributed by atoms with E-state index in [-0.39, 0.29) is 12.0 Å². The van der Waals surface area contributed by atoms with Crippen LogP contribution in [0.1, 0.15) is 40.0 Å². The van der Waals surface area contributed by atoms with Gasteiger partial charge in [-0.05, 0) is 36.7 Å². The molecule has 0 N–H and O–H groups in total. The fourth-order valence-corrected chi connectivity index (χ4v) is 3.03. The van der Waals surface area contributed by atoms with E-state index in [1.54, 1.807) is 0 Å². The van der Waals surface area contributed by atoms with Crippen LogP contribution in [0.4, 0.5) is 4.39 Å². The maximum atomic E-state index is 13.8. The summed E-state index contributed by atoms with van der Waals surface area (Å²) >= 11 is 5.70.